The van der Waals surface area contributed by atoms with Crippen molar-refractivity contribution in [2.75, 3.05) is 7.05 Å². The molecule has 2 nitrogen and oxygen atoms in total. The second-order valence-corrected chi connectivity index (χ2v) is 2.81. The van der Waals surface area contributed by atoms with Crippen molar-refractivity contribution in [1.82, 2.24) is 5.32 Å². The monoisotopic (exact) mass is 151 g/mol. The summed E-state index contributed by atoms with van der Waals surface area (Å²) in [6, 6.07) is 0. The van der Waals surface area contributed by atoms with Crippen LogP contribution >= 0.6 is 0 Å². The van der Waals surface area contributed by atoms with Crippen LogP contribution in [0, 0.1) is 5.92 Å². The van der Waals surface area contributed by atoms with Crippen LogP contribution in [0.3, 0.4) is 0 Å². The molecule has 1 rings (SSSR count). The second-order valence-electron chi connectivity index (χ2n) is 2.81. The van der Waals surface area contributed by atoms with E-state index in [1.165, 1.54) is 0 Å². The molecule has 11 heavy (non-hydrogen) atoms. The van der Waals surface area contributed by atoms with E-state index in [0.717, 1.165) is 12.0 Å². The molecule has 0 spiro atoms. The maximum atomic E-state index is 11.0. The standard InChI is InChI=1S/C9H13NO/c1-7-3-5-8(6-4-7)9(11)10-2/h3,5-7H,4H2,1-2H3,(H,10,11). The minimum absolute atomic E-state index is 0.00755. The molecule has 0 bridgehead atoms. The van der Waals surface area contributed by atoms with Crippen molar-refractivity contribution in [3.05, 3.63) is 23.8 Å². The maximum Gasteiger partial charge on any atom is 0.250 e. The van der Waals surface area contributed by atoms with Gasteiger partial charge in [0.15, 0.2) is 0 Å². The number of likely N-dealkylation sites (N-methyl/N-ethyl adjacent to an activating group) is 1. The van der Waals surface area contributed by atoms with Crippen LogP contribution in [0.1, 0.15) is 13.3 Å². The zero-order valence-electron chi connectivity index (χ0n) is 6.92. The van der Waals surface area contributed by atoms with Gasteiger partial charge in [0.05, 0.1) is 0 Å². The number of hydrogen-bond donors (Lipinski definition) is 1. The molecule has 1 N–H and O–H groups in total. The fraction of sp³-hybridized carbons (Fsp3) is 0.444. The lowest BCUT2D eigenvalue weighted by Gasteiger charge is -2.09. The van der Waals surface area contributed by atoms with E-state index in [0.29, 0.717) is 5.92 Å². The fourth-order valence-corrected chi connectivity index (χ4v) is 1.04. The molecule has 1 atom stereocenters. The summed E-state index contributed by atoms with van der Waals surface area (Å²) in [7, 11) is 1.65. The fourth-order valence-electron chi connectivity index (χ4n) is 1.04. The molecule has 0 aromatic rings. The van der Waals surface area contributed by atoms with Gasteiger partial charge >= 0.3 is 0 Å². The van der Waals surface area contributed by atoms with E-state index < -0.39 is 0 Å². The van der Waals surface area contributed by atoms with Crippen LogP contribution in [0.4, 0.5) is 0 Å². The van der Waals surface area contributed by atoms with Crippen molar-refractivity contribution in [2.45, 2.75) is 13.3 Å². The molecule has 0 saturated carbocycles. The van der Waals surface area contributed by atoms with Crippen molar-refractivity contribution >= 4 is 5.91 Å². The van der Waals surface area contributed by atoms with Gasteiger partial charge < -0.3 is 5.32 Å². The molecular weight excluding hydrogens is 138 g/mol. The molecule has 1 aliphatic carbocycles. The Balaban J connectivity index is 2.63. The summed E-state index contributed by atoms with van der Waals surface area (Å²) in [6.07, 6.45) is 6.89. The van der Waals surface area contributed by atoms with Gasteiger partial charge in [-0.3, -0.25) is 4.79 Å². The summed E-state index contributed by atoms with van der Waals surface area (Å²) in [5.74, 6) is 0.580. The van der Waals surface area contributed by atoms with E-state index >= 15 is 0 Å². The van der Waals surface area contributed by atoms with Gasteiger partial charge in [0.1, 0.15) is 0 Å². The molecular formula is C9H13NO. The van der Waals surface area contributed by atoms with Crippen molar-refractivity contribution in [1.29, 1.82) is 0 Å². The lowest BCUT2D eigenvalue weighted by molar-refractivity contribution is -0.116. The molecule has 0 aliphatic heterocycles. The normalized spacial score (nSPS) is 22.7. The quantitative estimate of drug-likeness (QED) is 0.600. The van der Waals surface area contributed by atoms with Crippen LogP contribution in [0.2, 0.25) is 0 Å². The first-order valence-electron chi connectivity index (χ1n) is 3.84. The minimum atomic E-state index is 0.00755. The molecule has 0 radical (unpaired) electrons. The number of amides is 1. The second kappa shape index (κ2) is 3.37. The Labute approximate surface area is 67.0 Å². The Bertz CT molecular complexity index is 216. The molecule has 2 heteroatoms. The number of hydrogen-bond acceptors (Lipinski definition) is 1. The van der Waals surface area contributed by atoms with Crippen molar-refractivity contribution in [2.24, 2.45) is 5.92 Å². The number of allylic oxidation sites excluding steroid dienone is 2. The summed E-state index contributed by atoms with van der Waals surface area (Å²) in [6.45, 7) is 2.13. The molecule has 0 saturated heterocycles. The first kappa shape index (κ1) is 8.05. The predicted molar refractivity (Wildman–Crippen MR) is 45.1 cm³/mol. The molecule has 60 valence electrons. The highest BCUT2D eigenvalue weighted by Gasteiger charge is 2.08. The van der Waals surface area contributed by atoms with Gasteiger partial charge in [-0.15, -0.1) is 0 Å². The van der Waals surface area contributed by atoms with Crippen LogP contribution in [-0.2, 0) is 4.79 Å². The SMILES string of the molecule is CNC(=O)C1=CCC(C)C=C1. The summed E-state index contributed by atoms with van der Waals surface area (Å²) >= 11 is 0. The van der Waals surface area contributed by atoms with E-state index in [2.05, 4.69) is 18.3 Å². The zero-order chi connectivity index (χ0) is 8.27. The maximum absolute atomic E-state index is 11.0. The van der Waals surface area contributed by atoms with Crippen molar-refractivity contribution in [3.8, 4) is 0 Å². The number of rotatable bonds is 1. The van der Waals surface area contributed by atoms with Gasteiger partial charge in [-0.1, -0.05) is 25.2 Å². The van der Waals surface area contributed by atoms with Crippen molar-refractivity contribution in [3.63, 3.8) is 0 Å². The molecule has 0 heterocycles. The average Bonchev–Trinajstić information content (AvgIpc) is 2.05. The number of carbonyl (C=O) groups excluding carboxylic acids is 1. The molecule has 0 aromatic carbocycles. The zero-order valence-corrected chi connectivity index (χ0v) is 6.92. The first-order chi connectivity index (χ1) is 5.24. The van der Waals surface area contributed by atoms with E-state index in [1.54, 1.807) is 7.05 Å². The highest BCUT2D eigenvalue weighted by molar-refractivity contribution is 5.96. The summed E-state index contributed by atoms with van der Waals surface area (Å²) in [5.41, 5.74) is 0.783. The van der Waals surface area contributed by atoms with E-state index in [1.807, 2.05) is 12.2 Å². The Morgan fingerprint density at radius 1 is 1.73 bits per heavy atom. The Kier molecular flexibility index (Phi) is 2.47. The topological polar surface area (TPSA) is 29.1 Å². The van der Waals surface area contributed by atoms with Gasteiger partial charge in [-0.2, -0.15) is 0 Å². The van der Waals surface area contributed by atoms with Gasteiger partial charge in [-0.25, -0.2) is 0 Å². The predicted octanol–water partition coefficient (Wildman–Crippen LogP) is 1.25. The summed E-state index contributed by atoms with van der Waals surface area (Å²) in [5, 5.41) is 2.59. The lowest BCUT2D eigenvalue weighted by Crippen LogP contribution is -2.20. The first-order valence-corrected chi connectivity index (χ1v) is 3.84. The Morgan fingerprint density at radius 3 is 2.91 bits per heavy atom. The van der Waals surface area contributed by atoms with Gasteiger partial charge in [0, 0.05) is 12.6 Å². The summed E-state index contributed by atoms with van der Waals surface area (Å²) < 4.78 is 0. The van der Waals surface area contributed by atoms with E-state index in [9.17, 15) is 4.79 Å². The Morgan fingerprint density at radius 2 is 2.45 bits per heavy atom. The van der Waals surface area contributed by atoms with Crippen LogP contribution in [0.15, 0.2) is 23.8 Å². The highest BCUT2D eigenvalue weighted by Crippen LogP contribution is 2.14. The largest absolute Gasteiger partial charge is 0.355 e. The smallest absolute Gasteiger partial charge is 0.250 e. The highest BCUT2D eigenvalue weighted by atomic mass is 16.1. The molecule has 1 amide bonds. The third-order valence-electron chi connectivity index (χ3n) is 1.80. The van der Waals surface area contributed by atoms with Crippen LogP contribution < -0.4 is 5.32 Å². The third-order valence-corrected chi connectivity index (χ3v) is 1.80. The Hall–Kier alpha value is -1.05. The van der Waals surface area contributed by atoms with Crippen LogP contribution in [-0.4, -0.2) is 13.0 Å². The third kappa shape index (κ3) is 1.93. The van der Waals surface area contributed by atoms with E-state index in [4.69, 9.17) is 0 Å². The lowest BCUT2D eigenvalue weighted by atomic mass is 9.98. The van der Waals surface area contributed by atoms with Crippen LogP contribution in [0.5, 0.6) is 0 Å². The van der Waals surface area contributed by atoms with Gasteiger partial charge in [0.2, 0.25) is 0 Å². The van der Waals surface area contributed by atoms with Gasteiger partial charge in [-0.05, 0) is 12.3 Å². The van der Waals surface area contributed by atoms with E-state index in [-0.39, 0.29) is 5.91 Å². The summed E-state index contributed by atoms with van der Waals surface area (Å²) in [4.78, 5) is 11.0. The average molecular weight is 151 g/mol. The minimum Gasteiger partial charge on any atom is -0.355 e. The molecule has 0 aromatic heterocycles. The van der Waals surface area contributed by atoms with Crippen molar-refractivity contribution < 1.29 is 4.79 Å². The van der Waals surface area contributed by atoms with Crippen LogP contribution in [0.25, 0.3) is 0 Å². The number of nitrogens with one attached hydrogen (secondary N) is 1. The molecule has 1 unspecified atom stereocenters. The van der Waals surface area contributed by atoms with Gasteiger partial charge in [0.25, 0.3) is 5.91 Å². The molecule has 0 fully saturated rings. The molecule has 1 aliphatic rings. The number of carbonyl (C=O) groups is 1.